The number of nitrogens with one attached hydrogen (secondary N) is 1. The highest BCUT2D eigenvalue weighted by atomic mass is 35.5. The van der Waals surface area contributed by atoms with Gasteiger partial charge in [-0.3, -0.25) is 4.79 Å². The van der Waals surface area contributed by atoms with Crippen molar-refractivity contribution in [3.63, 3.8) is 0 Å². The van der Waals surface area contributed by atoms with Crippen LogP contribution in [-0.4, -0.2) is 33.5 Å². The largest absolute Gasteiger partial charge is 0.497 e. The van der Waals surface area contributed by atoms with Crippen LogP contribution in [0.4, 0.5) is 5.69 Å². The topological polar surface area (TPSA) is 69.0 Å². The van der Waals surface area contributed by atoms with Crippen molar-refractivity contribution in [2.45, 2.75) is 18.1 Å². The lowest BCUT2D eigenvalue weighted by Gasteiger charge is -2.10. The highest BCUT2D eigenvalue weighted by Gasteiger charge is 2.15. The molecular formula is C21H19Cl3N4O2S. The first-order valence-corrected chi connectivity index (χ1v) is 11.3. The van der Waals surface area contributed by atoms with Gasteiger partial charge >= 0.3 is 0 Å². The fraction of sp³-hybridized carbons (Fsp3) is 0.190. The summed E-state index contributed by atoms with van der Waals surface area (Å²) in [4.78, 5) is 12.4. The number of hydrogen-bond donors (Lipinski definition) is 1. The number of carbonyl (C=O) groups is 1. The molecule has 0 atom stereocenters. The van der Waals surface area contributed by atoms with Crippen LogP contribution in [0.2, 0.25) is 15.1 Å². The first-order valence-electron chi connectivity index (χ1n) is 9.14. The molecule has 0 bridgehead atoms. The van der Waals surface area contributed by atoms with Crippen molar-refractivity contribution in [1.82, 2.24) is 14.8 Å². The van der Waals surface area contributed by atoms with E-state index in [1.165, 1.54) is 23.9 Å². The van der Waals surface area contributed by atoms with E-state index in [9.17, 15) is 4.79 Å². The predicted molar refractivity (Wildman–Crippen MR) is 127 cm³/mol. The smallest absolute Gasteiger partial charge is 0.234 e. The number of allylic oxidation sites excluding steroid dienone is 1. The van der Waals surface area contributed by atoms with Crippen molar-refractivity contribution in [3.8, 4) is 5.75 Å². The molecule has 6 nitrogen and oxygen atoms in total. The average molecular weight is 498 g/mol. The molecule has 0 aliphatic heterocycles. The van der Waals surface area contributed by atoms with Gasteiger partial charge in [-0.25, -0.2) is 0 Å². The second kappa shape index (κ2) is 10.9. The summed E-state index contributed by atoms with van der Waals surface area (Å²) in [5.41, 5.74) is 1.47. The quantitative estimate of drug-likeness (QED) is 0.231. The monoisotopic (exact) mass is 496 g/mol. The van der Waals surface area contributed by atoms with Gasteiger partial charge in [-0.2, -0.15) is 0 Å². The second-order valence-electron chi connectivity index (χ2n) is 6.41. The lowest BCUT2D eigenvalue weighted by molar-refractivity contribution is -0.113. The van der Waals surface area contributed by atoms with E-state index in [1.54, 1.807) is 13.2 Å². The molecule has 0 fully saturated rings. The number of carbonyl (C=O) groups excluding carboxylic acids is 1. The Morgan fingerprint density at radius 3 is 2.55 bits per heavy atom. The Bertz CT molecular complexity index is 1090. The van der Waals surface area contributed by atoms with Crippen LogP contribution in [0.25, 0.3) is 0 Å². The SMILES string of the molecule is C=CCn1c(Cc2ccc(OC)cc2)nnc1SCC(=O)Nc1cc(Cl)c(Cl)cc1Cl. The number of amides is 1. The van der Waals surface area contributed by atoms with E-state index in [1.807, 2.05) is 28.8 Å². The van der Waals surface area contributed by atoms with Gasteiger partial charge in [0.2, 0.25) is 5.91 Å². The average Bonchev–Trinajstić information content (AvgIpc) is 3.12. The Hall–Kier alpha value is -2.19. The molecule has 162 valence electrons. The minimum Gasteiger partial charge on any atom is -0.497 e. The van der Waals surface area contributed by atoms with Gasteiger partial charge in [-0.15, -0.1) is 16.8 Å². The van der Waals surface area contributed by atoms with Crippen molar-refractivity contribution in [2.24, 2.45) is 0 Å². The van der Waals surface area contributed by atoms with E-state index in [0.717, 1.165) is 17.1 Å². The Kier molecular flexibility index (Phi) is 8.26. The standard InChI is InChI=1S/C21H19Cl3N4O2S/c1-3-8-28-19(9-13-4-6-14(30-2)7-5-13)26-27-21(28)31-12-20(29)25-18-11-16(23)15(22)10-17(18)24/h3-7,10-11H,1,8-9,12H2,2H3,(H,25,29). The van der Waals surface area contributed by atoms with Crippen LogP contribution in [0.3, 0.4) is 0 Å². The summed E-state index contributed by atoms with van der Waals surface area (Å²) in [5.74, 6) is 1.44. The molecule has 31 heavy (non-hydrogen) atoms. The molecule has 0 saturated heterocycles. The number of benzene rings is 2. The molecule has 0 aliphatic carbocycles. The lowest BCUT2D eigenvalue weighted by Crippen LogP contribution is -2.15. The minimum atomic E-state index is -0.254. The predicted octanol–water partition coefficient (Wildman–Crippen LogP) is 5.75. The van der Waals surface area contributed by atoms with E-state index in [2.05, 4.69) is 22.1 Å². The number of aromatic nitrogens is 3. The number of hydrogen-bond acceptors (Lipinski definition) is 5. The number of nitrogens with zero attached hydrogens (tertiary/aromatic N) is 3. The lowest BCUT2D eigenvalue weighted by atomic mass is 10.1. The zero-order chi connectivity index (χ0) is 22.4. The molecule has 0 spiro atoms. The molecule has 3 aromatic rings. The summed E-state index contributed by atoms with van der Waals surface area (Å²) >= 11 is 19.3. The normalized spacial score (nSPS) is 10.7. The number of halogens is 3. The zero-order valence-corrected chi connectivity index (χ0v) is 19.7. The van der Waals surface area contributed by atoms with Crippen molar-refractivity contribution in [1.29, 1.82) is 0 Å². The van der Waals surface area contributed by atoms with Crippen LogP contribution in [-0.2, 0) is 17.8 Å². The molecule has 1 heterocycles. The van der Waals surface area contributed by atoms with Crippen LogP contribution < -0.4 is 10.1 Å². The Morgan fingerprint density at radius 2 is 1.87 bits per heavy atom. The Morgan fingerprint density at radius 1 is 1.16 bits per heavy atom. The van der Waals surface area contributed by atoms with Gasteiger partial charge in [0.05, 0.1) is 33.6 Å². The highest BCUT2D eigenvalue weighted by molar-refractivity contribution is 7.99. The maximum atomic E-state index is 12.4. The van der Waals surface area contributed by atoms with Crippen LogP contribution in [0.1, 0.15) is 11.4 Å². The van der Waals surface area contributed by atoms with Gasteiger partial charge in [-0.05, 0) is 29.8 Å². The van der Waals surface area contributed by atoms with Crippen LogP contribution >= 0.6 is 46.6 Å². The first kappa shape index (κ1) is 23.5. The second-order valence-corrected chi connectivity index (χ2v) is 8.57. The van der Waals surface area contributed by atoms with E-state index in [-0.39, 0.29) is 11.7 Å². The summed E-state index contributed by atoms with van der Waals surface area (Å²) in [6, 6.07) is 10.8. The number of thioether (sulfide) groups is 1. The molecule has 0 unspecified atom stereocenters. The summed E-state index contributed by atoms with van der Waals surface area (Å²) in [5, 5.41) is 12.8. The van der Waals surface area contributed by atoms with Gasteiger partial charge in [0.1, 0.15) is 11.6 Å². The molecule has 0 radical (unpaired) electrons. The van der Waals surface area contributed by atoms with Gasteiger partial charge in [0.25, 0.3) is 0 Å². The fourth-order valence-electron chi connectivity index (χ4n) is 2.73. The van der Waals surface area contributed by atoms with Gasteiger partial charge in [0, 0.05) is 13.0 Å². The summed E-state index contributed by atoms with van der Waals surface area (Å²) in [6.45, 7) is 4.33. The van der Waals surface area contributed by atoms with Crippen molar-refractivity contribution >= 4 is 58.2 Å². The summed E-state index contributed by atoms with van der Waals surface area (Å²) in [6.07, 6.45) is 2.36. The Labute approximate surface area is 199 Å². The number of rotatable bonds is 9. The molecule has 2 aromatic carbocycles. The van der Waals surface area contributed by atoms with E-state index >= 15 is 0 Å². The highest BCUT2D eigenvalue weighted by Crippen LogP contribution is 2.32. The molecule has 0 saturated carbocycles. The van der Waals surface area contributed by atoms with Crippen LogP contribution in [0.15, 0.2) is 54.2 Å². The Balaban J connectivity index is 1.67. The summed E-state index contributed by atoms with van der Waals surface area (Å²) in [7, 11) is 1.63. The number of methoxy groups -OCH3 is 1. The van der Waals surface area contributed by atoms with E-state index < -0.39 is 0 Å². The van der Waals surface area contributed by atoms with Crippen LogP contribution in [0.5, 0.6) is 5.75 Å². The molecular weight excluding hydrogens is 479 g/mol. The van der Waals surface area contributed by atoms with E-state index in [4.69, 9.17) is 39.5 Å². The zero-order valence-electron chi connectivity index (χ0n) is 16.6. The molecule has 1 amide bonds. The molecule has 10 heteroatoms. The van der Waals surface area contributed by atoms with Crippen LogP contribution in [0, 0.1) is 0 Å². The van der Waals surface area contributed by atoms with Crippen molar-refractivity contribution in [2.75, 3.05) is 18.2 Å². The minimum absolute atomic E-state index is 0.119. The maximum Gasteiger partial charge on any atom is 0.234 e. The number of ether oxygens (including phenoxy) is 1. The molecule has 1 aromatic heterocycles. The molecule has 3 rings (SSSR count). The third-order valence-corrected chi connectivity index (χ3v) is 6.24. The van der Waals surface area contributed by atoms with E-state index in [0.29, 0.717) is 38.9 Å². The fourth-order valence-corrected chi connectivity index (χ4v) is 4.09. The number of anilines is 1. The molecule has 0 aliphatic rings. The van der Waals surface area contributed by atoms with Gasteiger partial charge in [0.15, 0.2) is 5.16 Å². The van der Waals surface area contributed by atoms with Gasteiger partial charge in [-0.1, -0.05) is 64.8 Å². The summed E-state index contributed by atoms with van der Waals surface area (Å²) < 4.78 is 7.12. The van der Waals surface area contributed by atoms with Gasteiger partial charge < -0.3 is 14.6 Å². The van der Waals surface area contributed by atoms with Crippen molar-refractivity contribution in [3.05, 3.63) is 75.5 Å². The van der Waals surface area contributed by atoms with Crippen molar-refractivity contribution < 1.29 is 9.53 Å². The maximum absolute atomic E-state index is 12.4. The molecule has 1 N–H and O–H groups in total. The third kappa shape index (κ3) is 6.17. The third-order valence-electron chi connectivity index (χ3n) is 4.24. The first-order chi connectivity index (χ1) is 14.9.